The molecule has 1 N–H and O–H groups in total. The molecule has 0 radical (unpaired) electrons. The molecule has 2 heterocycles. The van der Waals surface area contributed by atoms with Crippen molar-refractivity contribution in [2.75, 3.05) is 11.9 Å². The Balaban J connectivity index is 1.66. The number of para-hydroxylation sites is 1. The molecule has 4 rings (SSSR count). The Morgan fingerprint density at radius 2 is 1.93 bits per heavy atom. The smallest absolute Gasteiger partial charge is 0.262 e. The van der Waals surface area contributed by atoms with Crippen LogP contribution in [-0.4, -0.2) is 33.1 Å². The van der Waals surface area contributed by atoms with Gasteiger partial charge in [0, 0.05) is 11.6 Å². The van der Waals surface area contributed by atoms with E-state index in [4.69, 9.17) is 4.74 Å². The van der Waals surface area contributed by atoms with Crippen molar-refractivity contribution in [2.45, 2.75) is 37.2 Å². The maximum Gasteiger partial charge on any atom is 0.262 e. The van der Waals surface area contributed by atoms with E-state index in [0.717, 1.165) is 0 Å². The number of carbonyl (C=O) groups is 2. The van der Waals surface area contributed by atoms with Crippen LogP contribution < -0.4 is 15.6 Å². The second-order valence-corrected chi connectivity index (χ2v) is 8.66. The van der Waals surface area contributed by atoms with Crippen molar-refractivity contribution in [3.05, 3.63) is 58.4 Å². The standard InChI is InChI=1S/C22H21N3O4S/c1-12(2)25-21(28)15-6-4-5-7-16(15)24-22(25)30-13(3)20(27)14-8-9-18-17(10-14)23-19(26)11-29-18/h4-10,12-13H,11H2,1-3H3,(H,23,26). The van der Waals surface area contributed by atoms with Crippen LogP contribution in [0.3, 0.4) is 0 Å². The molecule has 1 amide bonds. The number of rotatable bonds is 5. The number of nitrogens with zero attached hydrogens (tertiary/aromatic N) is 2. The van der Waals surface area contributed by atoms with Gasteiger partial charge in [-0.25, -0.2) is 4.98 Å². The molecule has 0 saturated carbocycles. The van der Waals surface area contributed by atoms with Crippen molar-refractivity contribution >= 4 is 40.0 Å². The summed E-state index contributed by atoms with van der Waals surface area (Å²) in [6.45, 7) is 5.58. The third-order valence-corrected chi connectivity index (χ3v) is 5.91. The number of ether oxygens (including phenoxy) is 1. The van der Waals surface area contributed by atoms with E-state index in [1.54, 1.807) is 41.8 Å². The second kappa shape index (κ2) is 7.95. The van der Waals surface area contributed by atoms with Crippen molar-refractivity contribution in [1.82, 2.24) is 9.55 Å². The summed E-state index contributed by atoms with van der Waals surface area (Å²) in [5.41, 5.74) is 1.43. The Kier molecular flexibility index (Phi) is 5.34. The Labute approximate surface area is 177 Å². The van der Waals surface area contributed by atoms with E-state index < -0.39 is 5.25 Å². The first-order chi connectivity index (χ1) is 14.3. The molecule has 1 unspecified atom stereocenters. The van der Waals surface area contributed by atoms with Gasteiger partial charge in [-0.15, -0.1) is 0 Å². The quantitative estimate of drug-likeness (QED) is 0.383. The molecular formula is C22H21N3O4S. The van der Waals surface area contributed by atoms with E-state index in [1.807, 2.05) is 26.0 Å². The van der Waals surface area contributed by atoms with Crippen LogP contribution in [0, 0.1) is 0 Å². The van der Waals surface area contributed by atoms with Crippen LogP contribution >= 0.6 is 11.8 Å². The van der Waals surface area contributed by atoms with Crippen LogP contribution in [-0.2, 0) is 4.79 Å². The number of anilines is 1. The maximum atomic E-state index is 13.1. The van der Waals surface area contributed by atoms with Crippen molar-refractivity contribution < 1.29 is 14.3 Å². The largest absolute Gasteiger partial charge is 0.482 e. The summed E-state index contributed by atoms with van der Waals surface area (Å²) < 4.78 is 6.97. The molecule has 1 aliphatic rings. The molecule has 3 aromatic rings. The number of carbonyl (C=O) groups excluding carboxylic acids is 2. The zero-order valence-electron chi connectivity index (χ0n) is 16.8. The second-order valence-electron chi connectivity index (χ2n) is 7.35. The molecule has 0 bridgehead atoms. The number of hydrogen-bond donors (Lipinski definition) is 1. The number of thioether (sulfide) groups is 1. The average Bonchev–Trinajstić information content (AvgIpc) is 2.72. The highest BCUT2D eigenvalue weighted by Crippen LogP contribution is 2.31. The van der Waals surface area contributed by atoms with Gasteiger partial charge < -0.3 is 10.1 Å². The lowest BCUT2D eigenvalue weighted by atomic mass is 10.1. The summed E-state index contributed by atoms with van der Waals surface area (Å²) in [4.78, 5) is 42.2. The third kappa shape index (κ3) is 3.70. The molecular weight excluding hydrogens is 402 g/mol. The van der Waals surface area contributed by atoms with E-state index in [1.165, 1.54) is 11.8 Å². The van der Waals surface area contributed by atoms with E-state index in [-0.39, 0.29) is 29.9 Å². The number of ketones is 1. The predicted molar refractivity (Wildman–Crippen MR) is 117 cm³/mol. The third-order valence-electron chi connectivity index (χ3n) is 4.84. The van der Waals surface area contributed by atoms with Crippen molar-refractivity contribution in [3.63, 3.8) is 0 Å². The van der Waals surface area contributed by atoms with Crippen molar-refractivity contribution in [3.8, 4) is 5.75 Å². The number of benzene rings is 2. The molecule has 0 aliphatic carbocycles. The van der Waals surface area contributed by atoms with Crippen molar-refractivity contribution in [2.24, 2.45) is 0 Å². The lowest BCUT2D eigenvalue weighted by Gasteiger charge is -2.20. The lowest BCUT2D eigenvalue weighted by Crippen LogP contribution is -2.27. The van der Waals surface area contributed by atoms with Gasteiger partial charge in [0.25, 0.3) is 11.5 Å². The minimum absolute atomic E-state index is 0.0348. The summed E-state index contributed by atoms with van der Waals surface area (Å²) in [6, 6.07) is 12.1. The minimum Gasteiger partial charge on any atom is -0.482 e. The Morgan fingerprint density at radius 1 is 1.17 bits per heavy atom. The maximum absolute atomic E-state index is 13.1. The summed E-state index contributed by atoms with van der Waals surface area (Å²) in [5.74, 6) is 0.160. The van der Waals surface area contributed by atoms with Gasteiger partial charge in [0.1, 0.15) is 5.75 Å². The van der Waals surface area contributed by atoms with E-state index in [0.29, 0.717) is 33.1 Å². The Hall–Kier alpha value is -3.13. The SMILES string of the molecule is CC(Sc1nc2ccccc2c(=O)n1C(C)C)C(=O)c1ccc2c(c1)NC(=O)CO2. The fourth-order valence-electron chi connectivity index (χ4n) is 3.35. The average molecular weight is 423 g/mol. The predicted octanol–water partition coefficient (Wildman–Crippen LogP) is 3.67. The summed E-state index contributed by atoms with van der Waals surface area (Å²) in [6.07, 6.45) is 0. The number of fused-ring (bicyclic) bond motifs is 2. The van der Waals surface area contributed by atoms with Gasteiger partial charge in [-0.05, 0) is 51.1 Å². The molecule has 1 aromatic heterocycles. The van der Waals surface area contributed by atoms with Crippen LogP contribution in [0.2, 0.25) is 0 Å². The number of Topliss-reactive ketones (excluding diaryl/α,β-unsaturated/α-hetero) is 1. The summed E-state index contributed by atoms with van der Waals surface area (Å²) >= 11 is 1.25. The first kappa shape index (κ1) is 20.2. The molecule has 7 nitrogen and oxygen atoms in total. The summed E-state index contributed by atoms with van der Waals surface area (Å²) in [5, 5.41) is 3.29. The van der Waals surface area contributed by atoms with Crippen LogP contribution in [0.15, 0.2) is 52.4 Å². The van der Waals surface area contributed by atoms with Gasteiger partial charge in [0.05, 0.1) is 21.8 Å². The van der Waals surface area contributed by atoms with Gasteiger partial charge >= 0.3 is 0 Å². The molecule has 30 heavy (non-hydrogen) atoms. The number of amides is 1. The summed E-state index contributed by atoms with van der Waals surface area (Å²) in [7, 11) is 0. The highest BCUT2D eigenvalue weighted by molar-refractivity contribution is 8.00. The first-order valence-corrected chi connectivity index (χ1v) is 10.5. The Morgan fingerprint density at radius 3 is 2.70 bits per heavy atom. The Bertz CT molecular complexity index is 1220. The van der Waals surface area contributed by atoms with Crippen LogP contribution in [0.5, 0.6) is 5.75 Å². The fraction of sp³-hybridized carbons (Fsp3) is 0.273. The van der Waals surface area contributed by atoms with Gasteiger partial charge in [-0.3, -0.25) is 19.0 Å². The zero-order chi connectivity index (χ0) is 21.4. The van der Waals surface area contributed by atoms with Crippen molar-refractivity contribution in [1.29, 1.82) is 0 Å². The van der Waals surface area contributed by atoms with Crippen LogP contribution in [0.1, 0.15) is 37.2 Å². The highest BCUT2D eigenvalue weighted by atomic mass is 32.2. The monoisotopic (exact) mass is 423 g/mol. The topological polar surface area (TPSA) is 90.3 Å². The highest BCUT2D eigenvalue weighted by Gasteiger charge is 2.24. The molecule has 0 spiro atoms. The number of nitrogens with one attached hydrogen (secondary N) is 1. The van der Waals surface area contributed by atoms with Gasteiger partial charge in [-0.1, -0.05) is 23.9 Å². The number of aromatic nitrogens is 2. The van der Waals surface area contributed by atoms with Gasteiger partial charge in [0.15, 0.2) is 17.5 Å². The zero-order valence-corrected chi connectivity index (χ0v) is 17.7. The number of hydrogen-bond acceptors (Lipinski definition) is 6. The molecule has 1 atom stereocenters. The molecule has 1 aliphatic heterocycles. The van der Waals surface area contributed by atoms with E-state index in [2.05, 4.69) is 10.3 Å². The molecule has 0 fully saturated rings. The first-order valence-electron chi connectivity index (χ1n) is 9.64. The van der Waals surface area contributed by atoms with Crippen LogP contribution in [0.4, 0.5) is 5.69 Å². The van der Waals surface area contributed by atoms with E-state index in [9.17, 15) is 14.4 Å². The van der Waals surface area contributed by atoms with E-state index >= 15 is 0 Å². The molecule has 154 valence electrons. The molecule has 2 aromatic carbocycles. The normalized spacial score (nSPS) is 14.2. The minimum atomic E-state index is -0.485. The fourth-order valence-corrected chi connectivity index (χ4v) is 4.46. The van der Waals surface area contributed by atoms with Crippen LogP contribution in [0.25, 0.3) is 10.9 Å². The van der Waals surface area contributed by atoms with Gasteiger partial charge in [0.2, 0.25) is 0 Å². The lowest BCUT2D eigenvalue weighted by molar-refractivity contribution is -0.118. The molecule has 0 saturated heterocycles. The molecule has 8 heteroatoms. The van der Waals surface area contributed by atoms with Gasteiger partial charge in [-0.2, -0.15) is 0 Å².